The van der Waals surface area contributed by atoms with Crippen LogP contribution in [0.4, 0.5) is 0 Å². The number of rotatable bonds is 1. The van der Waals surface area contributed by atoms with E-state index >= 15 is 0 Å². The molecule has 1 aromatic carbocycles. The molecule has 0 saturated heterocycles. The number of hydrogen-bond acceptors (Lipinski definition) is 2. The van der Waals surface area contributed by atoms with Crippen molar-refractivity contribution in [3.8, 4) is 5.75 Å². The van der Waals surface area contributed by atoms with Crippen molar-refractivity contribution in [3.05, 3.63) is 29.3 Å². The summed E-state index contributed by atoms with van der Waals surface area (Å²) in [5.74, 6) is 0.329. The maximum atomic E-state index is 9.58. The molecule has 0 aromatic heterocycles. The van der Waals surface area contributed by atoms with E-state index in [1.165, 1.54) is 0 Å². The fourth-order valence-corrected chi connectivity index (χ4v) is 1.74. The van der Waals surface area contributed by atoms with Gasteiger partial charge in [0, 0.05) is 10.3 Å². The lowest BCUT2D eigenvalue weighted by atomic mass is 9.96. The molecule has 1 rings (SSSR count). The maximum Gasteiger partial charge on any atom is 0.120 e. The van der Waals surface area contributed by atoms with Gasteiger partial charge in [-0.25, -0.2) is 0 Å². The van der Waals surface area contributed by atoms with E-state index in [1.54, 1.807) is 6.07 Å². The molecule has 66 valence electrons. The van der Waals surface area contributed by atoms with Crippen molar-refractivity contribution in [1.29, 1.82) is 0 Å². The molecule has 0 fully saturated rings. The van der Waals surface area contributed by atoms with Gasteiger partial charge in [-0.15, -0.1) is 0 Å². The summed E-state index contributed by atoms with van der Waals surface area (Å²) in [5, 5.41) is 9.58. The quantitative estimate of drug-likeness (QED) is 0.640. The van der Waals surface area contributed by atoms with Gasteiger partial charge < -0.3 is 5.11 Å². The van der Waals surface area contributed by atoms with Crippen LogP contribution in [0.3, 0.4) is 0 Å². The summed E-state index contributed by atoms with van der Waals surface area (Å²) >= 11 is 4.42. The molecule has 2 heteroatoms. The normalized spacial score (nSPS) is 11.7. The number of aryl methyl sites for hydroxylation is 1. The van der Waals surface area contributed by atoms with Crippen LogP contribution in [0.15, 0.2) is 18.2 Å². The van der Waals surface area contributed by atoms with Crippen molar-refractivity contribution in [1.82, 2.24) is 0 Å². The first kappa shape index (κ1) is 9.46. The van der Waals surface area contributed by atoms with Gasteiger partial charge in [-0.3, -0.25) is 0 Å². The standard InChI is InChI=1S/C10H14OS/c1-7-5-4-6-8(11)9(7)10(2,3)12/h4-6,11-12H,1-3H3. The predicted molar refractivity (Wildman–Crippen MR) is 54.9 cm³/mol. The van der Waals surface area contributed by atoms with Crippen LogP contribution in [-0.2, 0) is 4.75 Å². The van der Waals surface area contributed by atoms with E-state index in [0.29, 0.717) is 5.75 Å². The number of phenols is 1. The second-order valence-electron chi connectivity index (χ2n) is 3.53. The lowest BCUT2D eigenvalue weighted by Gasteiger charge is -2.21. The lowest BCUT2D eigenvalue weighted by Crippen LogP contribution is -2.09. The molecule has 1 N–H and O–H groups in total. The Morgan fingerprint density at radius 2 is 1.92 bits per heavy atom. The Morgan fingerprint density at radius 3 is 2.25 bits per heavy atom. The molecule has 0 heterocycles. The van der Waals surface area contributed by atoms with Gasteiger partial charge in [-0.05, 0) is 32.4 Å². The molecule has 0 aliphatic carbocycles. The van der Waals surface area contributed by atoms with Crippen molar-refractivity contribution in [3.63, 3.8) is 0 Å². The van der Waals surface area contributed by atoms with Gasteiger partial charge in [0.05, 0.1) is 0 Å². The van der Waals surface area contributed by atoms with E-state index < -0.39 is 0 Å². The third kappa shape index (κ3) is 1.75. The van der Waals surface area contributed by atoms with Crippen molar-refractivity contribution >= 4 is 12.6 Å². The Kier molecular flexibility index (Phi) is 2.38. The smallest absolute Gasteiger partial charge is 0.120 e. The highest BCUT2D eigenvalue weighted by atomic mass is 32.1. The summed E-state index contributed by atoms with van der Waals surface area (Å²) in [6, 6.07) is 5.51. The molecule has 0 saturated carbocycles. The summed E-state index contributed by atoms with van der Waals surface area (Å²) in [6.45, 7) is 5.92. The van der Waals surface area contributed by atoms with Gasteiger partial charge in [-0.2, -0.15) is 12.6 Å². The molecule has 0 spiro atoms. The van der Waals surface area contributed by atoms with Crippen LogP contribution in [0.1, 0.15) is 25.0 Å². The third-order valence-corrected chi connectivity index (χ3v) is 2.09. The molecule has 1 aromatic rings. The van der Waals surface area contributed by atoms with Crippen LogP contribution in [0.5, 0.6) is 5.75 Å². The van der Waals surface area contributed by atoms with E-state index in [9.17, 15) is 5.11 Å². The fraction of sp³-hybridized carbons (Fsp3) is 0.400. The maximum absolute atomic E-state index is 9.58. The Morgan fingerprint density at radius 1 is 1.33 bits per heavy atom. The Bertz CT molecular complexity index is 266. The average Bonchev–Trinajstić information content (AvgIpc) is 1.82. The minimum atomic E-state index is -0.282. The second-order valence-corrected chi connectivity index (χ2v) is 4.65. The van der Waals surface area contributed by atoms with Gasteiger partial charge in [0.2, 0.25) is 0 Å². The van der Waals surface area contributed by atoms with Crippen LogP contribution >= 0.6 is 12.6 Å². The first-order valence-corrected chi connectivity index (χ1v) is 4.39. The van der Waals surface area contributed by atoms with Gasteiger partial charge in [0.1, 0.15) is 5.75 Å². The predicted octanol–water partition coefficient (Wildman–Crippen LogP) is 2.87. The Hall–Kier alpha value is -0.630. The first-order valence-electron chi connectivity index (χ1n) is 3.94. The zero-order valence-corrected chi connectivity index (χ0v) is 8.52. The lowest BCUT2D eigenvalue weighted by molar-refractivity contribution is 0.461. The number of thiol groups is 1. The number of aromatic hydroxyl groups is 1. The van der Waals surface area contributed by atoms with Crippen LogP contribution in [0.2, 0.25) is 0 Å². The number of hydrogen-bond donors (Lipinski definition) is 2. The molecular weight excluding hydrogens is 168 g/mol. The van der Waals surface area contributed by atoms with E-state index in [0.717, 1.165) is 11.1 Å². The molecule has 0 aliphatic heterocycles. The van der Waals surface area contributed by atoms with Crippen molar-refractivity contribution < 1.29 is 5.11 Å². The zero-order chi connectivity index (χ0) is 9.35. The molecule has 0 atom stereocenters. The van der Waals surface area contributed by atoms with Crippen molar-refractivity contribution in [2.75, 3.05) is 0 Å². The second kappa shape index (κ2) is 3.02. The molecule has 0 radical (unpaired) electrons. The highest BCUT2D eigenvalue weighted by Gasteiger charge is 2.20. The molecule has 0 bridgehead atoms. The minimum absolute atomic E-state index is 0.282. The van der Waals surface area contributed by atoms with Crippen molar-refractivity contribution in [2.45, 2.75) is 25.5 Å². The average molecular weight is 182 g/mol. The van der Waals surface area contributed by atoms with Gasteiger partial charge in [0.25, 0.3) is 0 Å². The molecular formula is C10H14OS. The van der Waals surface area contributed by atoms with Gasteiger partial charge in [-0.1, -0.05) is 12.1 Å². The number of benzene rings is 1. The molecule has 0 unspecified atom stereocenters. The fourth-order valence-electron chi connectivity index (χ4n) is 1.45. The summed E-state index contributed by atoms with van der Waals surface area (Å²) < 4.78 is -0.282. The van der Waals surface area contributed by atoms with Crippen LogP contribution in [0, 0.1) is 6.92 Å². The van der Waals surface area contributed by atoms with Crippen LogP contribution in [-0.4, -0.2) is 5.11 Å². The molecule has 1 nitrogen and oxygen atoms in total. The van der Waals surface area contributed by atoms with Crippen LogP contribution < -0.4 is 0 Å². The van der Waals surface area contributed by atoms with Crippen molar-refractivity contribution in [2.24, 2.45) is 0 Å². The highest BCUT2D eigenvalue weighted by Crippen LogP contribution is 2.35. The minimum Gasteiger partial charge on any atom is -0.508 e. The largest absolute Gasteiger partial charge is 0.508 e. The van der Waals surface area contributed by atoms with Crippen LogP contribution in [0.25, 0.3) is 0 Å². The molecule has 0 amide bonds. The first-order chi connectivity index (χ1) is 5.43. The Balaban J connectivity index is 3.31. The van der Waals surface area contributed by atoms with E-state index in [4.69, 9.17) is 0 Å². The molecule has 0 aliphatic rings. The summed E-state index contributed by atoms with van der Waals surface area (Å²) in [6.07, 6.45) is 0. The van der Waals surface area contributed by atoms with Gasteiger partial charge >= 0.3 is 0 Å². The van der Waals surface area contributed by atoms with E-state index in [1.807, 2.05) is 32.9 Å². The highest BCUT2D eigenvalue weighted by molar-refractivity contribution is 7.81. The van der Waals surface area contributed by atoms with E-state index in [-0.39, 0.29) is 4.75 Å². The SMILES string of the molecule is Cc1cccc(O)c1C(C)(C)S. The zero-order valence-electron chi connectivity index (χ0n) is 7.63. The van der Waals surface area contributed by atoms with Gasteiger partial charge in [0.15, 0.2) is 0 Å². The topological polar surface area (TPSA) is 20.2 Å². The summed E-state index contributed by atoms with van der Waals surface area (Å²) in [4.78, 5) is 0. The summed E-state index contributed by atoms with van der Waals surface area (Å²) in [7, 11) is 0. The molecule has 12 heavy (non-hydrogen) atoms. The summed E-state index contributed by atoms with van der Waals surface area (Å²) in [5.41, 5.74) is 1.99. The number of phenolic OH excluding ortho intramolecular Hbond substituents is 1. The monoisotopic (exact) mass is 182 g/mol. The van der Waals surface area contributed by atoms with E-state index in [2.05, 4.69) is 12.6 Å². The Labute approximate surface area is 78.8 Å². The third-order valence-electron chi connectivity index (χ3n) is 1.86.